The quantitative estimate of drug-likeness (QED) is 0.751. The van der Waals surface area contributed by atoms with Crippen LogP contribution in [0.4, 0.5) is 0 Å². The molecule has 0 saturated carbocycles. The van der Waals surface area contributed by atoms with Gasteiger partial charge in [-0.05, 0) is 32.6 Å². The number of carbonyl (C=O) groups is 2. The van der Waals surface area contributed by atoms with Crippen LogP contribution in [0.3, 0.4) is 0 Å². The predicted molar refractivity (Wildman–Crippen MR) is 56.0 cm³/mol. The summed E-state index contributed by atoms with van der Waals surface area (Å²) in [5.41, 5.74) is -0.794. The first-order chi connectivity index (χ1) is 7.54. The molecule has 1 unspecified atom stereocenters. The van der Waals surface area contributed by atoms with Gasteiger partial charge in [-0.15, -0.1) is 0 Å². The third-order valence-electron chi connectivity index (χ3n) is 3.47. The van der Waals surface area contributed by atoms with E-state index in [1.807, 2.05) is 0 Å². The number of hydrogen-bond donors (Lipinski definition) is 1. The van der Waals surface area contributed by atoms with Crippen molar-refractivity contribution in [1.82, 2.24) is 4.90 Å². The van der Waals surface area contributed by atoms with E-state index in [0.29, 0.717) is 26.0 Å². The van der Waals surface area contributed by atoms with Gasteiger partial charge in [0.2, 0.25) is 0 Å². The van der Waals surface area contributed by atoms with Crippen LogP contribution in [0.1, 0.15) is 32.6 Å². The molecule has 2 fully saturated rings. The lowest BCUT2D eigenvalue weighted by Gasteiger charge is -2.30. The van der Waals surface area contributed by atoms with E-state index in [2.05, 4.69) is 0 Å². The van der Waals surface area contributed by atoms with E-state index in [9.17, 15) is 9.59 Å². The van der Waals surface area contributed by atoms with E-state index < -0.39 is 17.6 Å². The second-order valence-electron chi connectivity index (χ2n) is 4.68. The van der Waals surface area contributed by atoms with E-state index in [-0.39, 0.29) is 5.91 Å². The standard InChI is InChI=1S/C11H17NO4/c1-11(5-3-7-16-11)10(15)12-6-2-4-8(12)9(13)14/h8H,2-7H2,1H3,(H,13,14)/t8-,11?/m1/s1. The number of hydrogen-bond acceptors (Lipinski definition) is 3. The first-order valence-corrected chi connectivity index (χ1v) is 5.72. The Balaban J connectivity index is 2.12. The molecule has 0 aromatic carbocycles. The number of amides is 1. The molecule has 2 aliphatic heterocycles. The minimum Gasteiger partial charge on any atom is -0.480 e. The molecular weight excluding hydrogens is 210 g/mol. The Hall–Kier alpha value is -1.10. The Kier molecular flexibility index (Phi) is 2.88. The first kappa shape index (κ1) is 11.4. The van der Waals surface area contributed by atoms with E-state index in [4.69, 9.17) is 9.84 Å². The van der Waals surface area contributed by atoms with Crippen molar-refractivity contribution in [3.05, 3.63) is 0 Å². The molecule has 2 saturated heterocycles. The zero-order valence-corrected chi connectivity index (χ0v) is 9.44. The highest BCUT2D eigenvalue weighted by Gasteiger charge is 2.45. The van der Waals surface area contributed by atoms with Crippen molar-refractivity contribution in [1.29, 1.82) is 0 Å². The summed E-state index contributed by atoms with van der Waals surface area (Å²) < 4.78 is 5.46. The third-order valence-corrected chi connectivity index (χ3v) is 3.47. The SMILES string of the molecule is CC1(C(=O)N2CCC[C@@H]2C(=O)O)CCCO1. The smallest absolute Gasteiger partial charge is 0.326 e. The van der Waals surface area contributed by atoms with Crippen LogP contribution in [0.2, 0.25) is 0 Å². The lowest BCUT2D eigenvalue weighted by Crippen LogP contribution is -2.50. The molecule has 2 heterocycles. The fourth-order valence-corrected chi connectivity index (χ4v) is 2.52. The summed E-state index contributed by atoms with van der Waals surface area (Å²) in [6.07, 6.45) is 2.87. The Morgan fingerprint density at radius 2 is 2.19 bits per heavy atom. The molecular formula is C11H17NO4. The summed E-state index contributed by atoms with van der Waals surface area (Å²) in [5.74, 6) is -1.07. The molecule has 0 aromatic rings. The summed E-state index contributed by atoms with van der Waals surface area (Å²) >= 11 is 0. The van der Waals surface area contributed by atoms with Crippen LogP contribution in [-0.4, -0.2) is 46.7 Å². The van der Waals surface area contributed by atoms with Crippen molar-refractivity contribution in [2.24, 2.45) is 0 Å². The molecule has 2 rings (SSSR count). The molecule has 1 N–H and O–H groups in total. The van der Waals surface area contributed by atoms with Gasteiger partial charge in [0.25, 0.3) is 5.91 Å². The summed E-state index contributed by atoms with van der Waals surface area (Å²) in [7, 11) is 0. The zero-order valence-electron chi connectivity index (χ0n) is 9.44. The number of likely N-dealkylation sites (tertiary alicyclic amines) is 1. The van der Waals surface area contributed by atoms with Crippen molar-refractivity contribution in [2.75, 3.05) is 13.2 Å². The number of rotatable bonds is 2. The Bertz CT molecular complexity index is 309. The van der Waals surface area contributed by atoms with E-state index in [0.717, 1.165) is 12.8 Å². The van der Waals surface area contributed by atoms with Gasteiger partial charge in [0, 0.05) is 13.2 Å². The minimum absolute atomic E-state index is 0.157. The molecule has 16 heavy (non-hydrogen) atoms. The van der Waals surface area contributed by atoms with Crippen LogP contribution < -0.4 is 0 Å². The van der Waals surface area contributed by atoms with Crippen molar-refractivity contribution in [3.8, 4) is 0 Å². The predicted octanol–water partition coefficient (Wildman–Crippen LogP) is 0.631. The van der Waals surface area contributed by atoms with Gasteiger partial charge < -0.3 is 14.7 Å². The van der Waals surface area contributed by atoms with Gasteiger partial charge in [0.15, 0.2) is 0 Å². The average Bonchev–Trinajstić information content (AvgIpc) is 2.85. The van der Waals surface area contributed by atoms with E-state index in [1.165, 1.54) is 4.90 Å². The zero-order chi connectivity index (χ0) is 11.8. The fourth-order valence-electron chi connectivity index (χ4n) is 2.52. The maximum absolute atomic E-state index is 12.2. The number of carboxylic acid groups (broad SMARTS) is 1. The Labute approximate surface area is 94.4 Å². The van der Waals surface area contributed by atoms with Crippen LogP contribution in [0.25, 0.3) is 0 Å². The number of aliphatic carboxylic acids is 1. The first-order valence-electron chi connectivity index (χ1n) is 5.72. The summed E-state index contributed by atoms with van der Waals surface area (Å²) in [4.78, 5) is 24.7. The van der Waals surface area contributed by atoms with Crippen LogP contribution in [0, 0.1) is 0 Å². The highest BCUT2D eigenvalue weighted by molar-refractivity contribution is 5.89. The number of carbonyl (C=O) groups excluding carboxylic acids is 1. The highest BCUT2D eigenvalue weighted by Crippen LogP contribution is 2.30. The van der Waals surface area contributed by atoms with Gasteiger partial charge >= 0.3 is 5.97 Å². The normalized spacial score (nSPS) is 34.3. The molecule has 0 aliphatic carbocycles. The van der Waals surface area contributed by atoms with Crippen LogP contribution >= 0.6 is 0 Å². The second kappa shape index (κ2) is 4.05. The van der Waals surface area contributed by atoms with Gasteiger partial charge in [0.05, 0.1) is 0 Å². The van der Waals surface area contributed by atoms with Crippen molar-refractivity contribution < 1.29 is 19.4 Å². The lowest BCUT2D eigenvalue weighted by atomic mass is 10.0. The number of ether oxygens (including phenoxy) is 1. The largest absolute Gasteiger partial charge is 0.480 e. The molecule has 0 aromatic heterocycles. The second-order valence-corrected chi connectivity index (χ2v) is 4.68. The van der Waals surface area contributed by atoms with E-state index >= 15 is 0 Å². The topological polar surface area (TPSA) is 66.8 Å². The Morgan fingerprint density at radius 3 is 2.75 bits per heavy atom. The monoisotopic (exact) mass is 227 g/mol. The molecule has 2 atom stereocenters. The number of carboxylic acids is 1. The van der Waals surface area contributed by atoms with Crippen LogP contribution in [-0.2, 0) is 14.3 Å². The van der Waals surface area contributed by atoms with Gasteiger partial charge in [-0.2, -0.15) is 0 Å². The molecule has 0 spiro atoms. The molecule has 2 aliphatic rings. The van der Waals surface area contributed by atoms with Gasteiger partial charge in [0.1, 0.15) is 11.6 Å². The van der Waals surface area contributed by atoms with E-state index in [1.54, 1.807) is 6.92 Å². The fraction of sp³-hybridized carbons (Fsp3) is 0.818. The maximum Gasteiger partial charge on any atom is 0.326 e. The van der Waals surface area contributed by atoms with Gasteiger partial charge in [-0.1, -0.05) is 0 Å². The van der Waals surface area contributed by atoms with Crippen molar-refractivity contribution >= 4 is 11.9 Å². The summed E-state index contributed by atoms with van der Waals surface area (Å²) in [5, 5.41) is 9.02. The van der Waals surface area contributed by atoms with Crippen LogP contribution in [0.5, 0.6) is 0 Å². The Morgan fingerprint density at radius 1 is 1.44 bits per heavy atom. The highest BCUT2D eigenvalue weighted by atomic mass is 16.5. The average molecular weight is 227 g/mol. The summed E-state index contributed by atoms with van der Waals surface area (Å²) in [6.45, 7) is 2.89. The van der Waals surface area contributed by atoms with Crippen LogP contribution in [0.15, 0.2) is 0 Å². The van der Waals surface area contributed by atoms with Crippen molar-refractivity contribution in [3.63, 3.8) is 0 Å². The summed E-state index contributed by atoms with van der Waals surface area (Å²) in [6, 6.07) is -0.659. The molecule has 5 nitrogen and oxygen atoms in total. The van der Waals surface area contributed by atoms with Crippen molar-refractivity contribution in [2.45, 2.75) is 44.2 Å². The molecule has 1 amide bonds. The molecule has 0 bridgehead atoms. The lowest BCUT2D eigenvalue weighted by molar-refractivity contribution is -0.158. The molecule has 0 radical (unpaired) electrons. The number of nitrogens with zero attached hydrogens (tertiary/aromatic N) is 1. The molecule has 90 valence electrons. The van der Waals surface area contributed by atoms with Gasteiger partial charge in [-0.25, -0.2) is 4.79 Å². The minimum atomic E-state index is -0.910. The molecule has 5 heteroatoms. The maximum atomic E-state index is 12.2. The third kappa shape index (κ3) is 1.80. The van der Waals surface area contributed by atoms with Gasteiger partial charge in [-0.3, -0.25) is 4.79 Å².